The predicted molar refractivity (Wildman–Crippen MR) is 117 cm³/mol. The van der Waals surface area contributed by atoms with E-state index in [1.54, 1.807) is 0 Å². The van der Waals surface area contributed by atoms with Gasteiger partial charge in [0.15, 0.2) is 11.4 Å². The molecule has 0 atom stereocenters. The number of carbonyl (C=O) groups is 1. The van der Waals surface area contributed by atoms with Crippen molar-refractivity contribution in [1.29, 1.82) is 0 Å². The molecule has 0 saturated heterocycles. The highest BCUT2D eigenvalue weighted by atomic mass is 16.4. The van der Waals surface area contributed by atoms with Gasteiger partial charge in [-0.05, 0) is 35.4 Å². The van der Waals surface area contributed by atoms with Gasteiger partial charge in [0.1, 0.15) is 5.52 Å². The quantitative estimate of drug-likeness (QED) is 0.341. The highest BCUT2D eigenvalue weighted by Gasteiger charge is 2.28. The molecular weight excluding hydrogens is 372 g/mol. The molecule has 0 saturated carbocycles. The molecule has 0 unspecified atom stereocenters. The third kappa shape index (κ3) is 1.90. The third-order valence-corrected chi connectivity index (χ3v) is 5.99. The molecule has 0 radical (unpaired) electrons. The molecule has 2 heterocycles. The lowest BCUT2D eigenvalue weighted by Gasteiger charge is -2.00. The van der Waals surface area contributed by atoms with Crippen molar-refractivity contribution < 1.29 is 9.21 Å². The van der Waals surface area contributed by atoms with Gasteiger partial charge in [-0.3, -0.25) is 9.36 Å². The predicted octanol–water partition coefficient (Wildman–Crippen LogP) is 6.14. The maximum Gasteiger partial charge on any atom is 0.307 e. The van der Waals surface area contributed by atoms with Gasteiger partial charge < -0.3 is 4.42 Å². The highest BCUT2D eigenvalue weighted by molar-refractivity contribution is 6.23. The molecule has 0 N–H and O–H groups in total. The number of fused-ring (bicyclic) bond motifs is 7. The number of hydrogen-bond donors (Lipinski definition) is 0. The first-order valence-electron chi connectivity index (χ1n) is 9.87. The van der Waals surface area contributed by atoms with Crippen LogP contribution in [0.1, 0.15) is 15.9 Å². The Bertz CT molecular complexity index is 1620. The molecule has 4 heteroatoms. The average Bonchev–Trinajstić information content (AvgIpc) is 3.43. The Morgan fingerprint density at radius 2 is 1.30 bits per heavy atom. The van der Waals surface area contributed by atoms with Crippen molar-refractivity contribution >= 4 is 38.7 Å². The van der Waals surface area contributed by atoms with Crippen molar-refractivity contribution in [2.45, 2.75) is 0 Å². The summed E-state index contributed by atoms with van der Waals surface area (Å²) in [5, 5.41) is 2.31. The summed E-state index contributed by atoms with van der Waals surface area (Å²) in [7, 11) is 0. The molecule has 0 bridgehead atoms. The van der Waals surface area contributed by atoms with E-state index in [0.29, 0.717) is 17.2 Å². The first kappa shape index (κ1) is 15.7. The summed E-state index contributed by atoms with van der Waals surface area (Å²) in [6.07, 6.45) is 0. The van der Waals surface area contributed by atoms with E-state index in [4.69, 9.17) is 9.40 Å². The van der Waals surface area contributed by atoms with Gasteiger partial charge in [-0.15, -0.1) is 0 Å². The zero-order chi connectivity index (χ0) is 19.8. The number of rotatable bonds is 1. The summed E-state index contributed by atoms with van der Waals surface area (Å²) in [6, 6.07) is 28.5. The van der Waals surface area contributed by atoms with E-state index in [2.05, 4.69) is 24.3 Å². The topological polar surface area (TPSA) is 48.0 Å². The molecule has 4 aromatic carbocycles. The lowest BCUT2D eigenvalue weighted by atomic mass is 10.1. The fraction of sp³-hybridized carbons (Fsp3) is 0. The van der Waals surface area contributed by atoms with Gasteiger partial charge >= 0.3 is 6.01 Å². The largest absolute Gasteiger partial charge is 0.423 e. The Morgan fingerprint density at radius 1 is 0.667 bits per heavy atom. The van der Waals surface area contributed by atoms with Gasteiger partial charge in [0.05, 0.1) is 11.0 Å². The van der Waals surface area contributed by atoms with Crippen LogP contribution in [-0.2, 0) is 0 Å². The summed E-state index contributed by atoms with van der Waals surface area (Å²) in [5.74, 6) is 0.0392. The second kappa shape index (κ2) is 5.45. The third-order valence-electron chi connectivity index (χ3n) is 5.99. The normalized spacial score (nSPS) is 12.7. The first-order chi connectivity index (χ1) is 14.8. The highest BCUT2D eigenvalue weighted by Crippen LogP contribution is 2.39. The Hall–Kier alpha value is -4.18. The average molecular weight is 386 g/mol. The number of hydrogen-bond acceptors (Lipinski definition) is 3. The van der Waals surface area contributed by atoms with Crippen molar-refractivity contribution in [1.82, 2.24) is 9.55 Å². The van der Waals surface area contributed by atoms with E-state index in [9.17, 15) is 4.79 Å². The zero-order valence-electron chi connectivity index (χ0n) is 15.8. The molecule has 30 heavy (non-hydrogen) atoms. The maximum atomic E-state index is 12.8. The lowest BCUT2D eigenvalue weighted by Crippen LogP contribution is -1.94. The van der Waals surface area contributed by atoms with Crippen molar-refractivity contribution in [2.24, 2.45) is 0 Å². The van der Waals surface area contributed by atoms with E-state index in [0.717, 1.165) is 44.0 Å². The maximum absolute atomic E-state index is 12.8. The summed E-state index contributed by atoms with van der Waals surface area (Å²) < 4.78 is 8.25. The zero-order valence-corrected chi connectivity index (χ0v) is 15.8. The van der Waals surface area contributed by atoms with E-state index in [1.807, 2.05) is 65.2 Å². The minimum Gasteiger partial charge on any atom is -0.423 e. The standard InChI is InChI=1S/C26H14N2O2/c29-25-18-10-2-1-7-15(18)19-13-21-24(14-20(19)25)30-26(27-21)28-22-11-5-3-8-16(22)17-9-4-6-12-23(17)28/h1-14H. The van der Waals surface area contributed by atoms with Gasteiger partial charge in [-0.25, -0.2) is 0 Å². The van der Waals surface area contributed by atoms with Gasteiger partial charge in [0, 0.05) is 21.9 Å². The van der Waals surface area contributed by atoms with Gasteiger partial charge in [0.2, 0.25) is 0 Å². The number of para-hydroxylation sites is 2. The van der Waals surface area contributed by atoms with E-state index in [-0.39, 0.29) is 5.78 Å². The minimum atomic E-state index is 0.0392. The van der Waals surface area contributed by atoms with Crippen LogP contribution in [0.5, 0.6) is 0 Å². The van der Waals surface area contributed by atoms with Crippen molar-refractivity contribution in [3.63, 3.8) is 0 Å². The number of carbonyl (C=O) groups excluding carboxylic acids is 1. The van der Waals surface area contributed by atoms with Crippen LogP contribution in [-0.4, -0.2) is 15.3 Å². The van der Waals surface area contributed by atoms with Crippen LogP contribution >= 0.6 is 0 Å². The van der Waals surface area contributed by atoms with Gasteiger partial charge in [-0.1, -0.05) is 60.7 Å². The summed E-state index contributed by atoms with van der Waals surface area (Å²) in [6.45, 7) is 0. The van der Waals surface area contributed by atoms with Crippen LogP contribution in [0, 0.1) is 0 Å². The van der Waals surface area contributed by atoms with Gasteiger partial charge in [0.25, 0.3) is 0 Å². The molecule has 0 aliphatic heterocycles. The number of benzene rings is 4. The summed E-state index contributed by atoms with van der Waals surface area (Å²) in [4.78, 5) is 17.7. The molecule has 0 spiro atoms. The summed E-state index contributed by atoms with van der Waals surface area (Å²) >= 11 is 0. The SMILES string of the molecule is O=C1c2ccccc2-c2cc3nc(-n4c5ccccc5c5ccccc54)oc3cc21. The molecule has 0 amide bonds. The van der Waals surface area contributed by atoms with E-state index in [1.165, 1.54) is 0 Å². The molecule has 7 rings (SSSR count). The molecule has 4 nitrogen and oxygen atoms in total. The van der Waals surface area contributed by atoms with Crippen molar-refractivity contribution in [3.8, 4) is 17.1 Å². The Balaban J connectivity index is 1.53. The molecular formula is C26H14N2O2. The van der Waals surface area contributed by atoms with Crippen LogP contribution in [0.15, 0.2) is 89.3 Å². The minimum absolute atomic E-state index is 0.0392. The first-order valence-corrected chi connectivity index (χ1v) is 9.87. The van der Waals surface area contributed by atoms with Crippen LogP contribution < -0.4 is 0 Å². The second-order valence-electron chi connectivity index (χ2n) is 7.61. The van der Waals surface area contributed by atoms with Crippen LogP contribution in [0.3, 0.4) is 0 Å². The number of nitrogens with zero attached hydrogens (tertiary/aromatic N) is 2. The van der Waals surface area contributed by atoms with Crippen molar-refractivity contribution in [2.75, 3.05) is 0 Å². The monoisotopic (exact) mass is 386 g/mol. The number of aromatic nitrogens is 2. The fourth-order valence-electron chi connectivity index (χ4n) is 4.66. The Labute approximate surface area is 171 Å². The van der Waals surface area contributed by atoms with Crippen LogP contribution in [0.4, 0.5) is 0 Å². The Morgan fingerprint density at radius 3 is 2.03 bits per heavy atom. The lowest BCUT2D eigenvalue weighted by molar-refractivity contribution is 0.104. The van der Waals surface area contributed by atoms with E-state index < -0.39 is 0 Å². The molecule has 140 valence electrons. The molecule has 2 aromatic heterocycles. The van der Waals surface area contributed by atoms with Crippen molar-refractivity contribution in [3.05, 3.63) is 96.1 Å². The van der Waals surface area contributed by atoms with Crippen LogP contribution in [0.2, 0.25) is 0 Å². The number of ketones is 1. The molecule has 0 fully saturated rings. The second-order valence-corrected chi connectivity index (χ2v) is 7.61. The number of oxazole rings is 1. The van der Waals surface area contributed by atoms with Crippen LogP contribution in [0.25, 0.3) is 50.0 Å². The van der Waals surface area contributed by atoms with E-state index >= 15 is 0 Å². The Kier molecular flexibility index (Phi) is 2.86. The smallest absolute Gasteiger partial charge is 0.307 e. The molecule has 1 aliphatic carbocycles. The fourth-order valence-corrected chi connectivity index (χ4v) is 4.66. The van der Waals surface area contributed by atoms with Gasteiger partial charge in [-0.2, -0.15) is 4.98 Å². The molecule has 1 aliphatic rings. The summed E-state index contributed by atoms with van der Waals surface area (Å²) in [5.41, 5.74) is 6.74. The molecule has 6 aromatic rings.